The summed E-state index contributed by atoms with van der Waals surface area (Å²) in [7, 11) is 0. The van der Waals surface area contributed by atoms with Gasteiger partial charge in [-0.25, -0.2) is 0 Å². The van der Waals surface area contributed by atoms with Gasteiger partial charge in [-0.1, -0.05) is 6.07 Å². The number of nitrogens with one attached hydrogen (secondary N) is 1. The molecule has 0 spiro atoms. The fourth-order valence-corrected chi connectivity index (χ4v) is 3.19. The van der Waals surface area contributed by atoms with Gasteiger partial charge in [0.1, 0.15) is 5.69 Å². The summed E-state index contributed by atoms with van der Waals surface area (Å²) in [6.45, 7) is 1.48. The van der Waals surface area contributed by atoms with Crippen molar-refractivity contribution in [3.63, 3.8) is 0 Å². The Morgan fingerprint density at radius 3 is 2.68 bits per heavy atom. The third-order valence-electron chi connectivity index (χ3n) is 4.29. The molecule has 0 aromatic carbocycles. The van der Waals surface area contributed by atoms with Crippen molar-refractivity contribution in [1.29, 1.82) is 0 Å². The van der Waals surface area contributed by atoms with Crippen LogP contribution in [0.1, 0.15) is 29.3 Å². The molecule has 1 aliphatic heterocycles. The molecule has 7 nitrogen and oxygen atoms in total. The number of aliphatic carboxylic acids is 1. The smallest absolute Gasteiger partial charge is 0.433 e. The van der Waals surface area contributed by atoms with E-state index in [1.54, 1.807) is 6.20 Å². The highest BCUT2D eigenvalue weighted by atomic mass is 19.4. The molecule has 0 aliphatic carbocycles. The van der Waals surface area contributed by atoms with E-state index in [0.717, 1.165) is 6.07 Å². The number of nitrogens with zero attached hydrogens (tertiary/aromatic N) is 4. The maximum absolute atomic E-state index is 12.6. The Hall–Kier alpha value is -2.49. The maximum Gasteiger partial charge on any atom is 0.433 e. The van der Waals surface area contributed by atoms with Crippen LogP contribution < -0.4 is 0 Å². The number of aromatic nitrogens is 4. The van der Waals surface area contributed by atoms with Gasteiger partial charge in [-0.05, 0) is 17.5 Å². The Kier molecular flexibility index (Phi) is 4.71. The van der Waals surface area contributed by atoms with Gasteiger partial charge in [0.25, 0.3) is 0 Å². The summed E-state index contributed by atoms with van der Waals surface area (Å²) in [5.41, 5.74) is 0.407. The third-order valence-corrected chi connectivity index (χ3v) is 4.29. The molecular weight excluding hydrogens is 339 g/mol. The maximum atomic E-state index is 12.6. The van der Waals surface area contributed by atoms with Crippen molar-refractivity contribution >= 4 is 5.97 Å². The van der Waals surface area contributed by atoms with Crippen molar-refractivity contribution in [1.82, 2.24) is 25.3 Å². The molecule has 1 fully saturated rings. The lowest BCUT2D eigenvalue weighted by atomic mass is 9.91. The molecule has 2 atom stereocenters. The van der Waals surface area contributed by atoms with Crippen LogP contribution in [0.5, 0.6) is 0 Å². The first-order valence-corrected chi connectivity index (χ1v) is 7.65. The lowest BCUT2D eigenvalue weighted by Crippen LogP contribution is -2.21. The van der Waals surface area contributed by atoms with E-state index in [-0.39, 0.29) is 18.3 Å². The number of rotatable bonds is 5. The van der Waals surface area contributed by atoms with Gasteiger partial charge in [-0.3, -0.25) is 14.7 Å². The highest BCUT2D eigenvalue weighted by Crippen LogP contribution is 2.34. The van der Waals surface area contributed by atoms with Gasteiger partial charge in [0, 0.05) is 31.7 Å². The lowest BCUT2D eigenvalue weighted by molar-refractivity contribution is -0.141. The molecule has 2 aromatic heterocycles. The van der Waals surface area contributed by atoms with Crippen LogP contribution in [0.4, 0.5) is 13.2 Å². The molecule has 3 heterocycles. The predicted octanol–water partition coefficient (Wildman–Crippen LogP) is 1.91. The Morgan fingerprint density at radius 1 is 1.32 bits per heavy atom. The second-order valence-corrected chi connectivity index (χ2v) is 6.10. The molecule has 134 valence electrons. The quantitative estimate of drug-likeness (QED) is 0.851. The number of pyridine rings is 1. The standard InChI is InChI=1S/C15H16F3N5O2/c16-15(17,18)13-2-1-9(4-19-13)6-23-7-10(3-14(24)25)11(8-23)12-5-20-22-21-12/h1-2,4-5,10-11H,3,6-8H2,(H,24,25)(H,20,21,22)/t10-,11+/m1/s1. The number of halogens is 3. The first kappa shape index (κ1) is 17.3. The van der Waals surface area contributed by atoms with Crippen LogP contribution in [-0.4, -0.2) is 49.5 Å². The molecule has 0 unspecified atom stereocenters. The average Bonchev–Trinajstić information content (AvgIpc) is 3.16. The lowest BCUT2D eigenvalue weighted by Gasteiger charge is -2.15. The number of hydrogen-bond acceptors (Lipinski definition) is 5. The van der Waals surface area contributed by atoms with Crippen LogP contribution in [0.15, 0.2) is 24.5 Å². The number of carboxylic acid groups (broad SMARTS) is 1. The Bertz CT molecular complexity index is 718. The van der Waals surface area contributed by atoms with Crippen molar-refractivity contribution < 1.29 is 23.1 Å². The van der Waals surface area contributed by atoms with Crippen LogP contribution in [0.25, 0.3) is 0 Å². The summed E-state index contributed by atoms with van der Waals surface area (Å²) in [6, 6.07) is 2.35. The molecule has 0 amide bonds. The van der Waals surface area contributed by atoms with E-state index >= 15 is 0 Å². The highest BCUT2D eigenvalue weighted by molar-refractivity contribution is 5.67. The third kappa shape index (κ3) is 4.13. The van der Waals surface area contributed by atoms with Crippen LogP contribution >= 0.6 is 0 Å². The van der Waals surface area contributed by atoms with Gasteiger partial charge >= 0.3 is 12.1 Å². The van der Waals surface area contributed by atoms with E-state index in [1.807, 2.05) is 4.90 Å². The number of alkyl halides is 3. The Labute approximate surface area is 140 Å². The van der Waals surface area contributed by atoms with Crippen LogP contribution in [0, 0.1) is 5.92 Å². The summed E-state index contributed by atoms with van der Waals surface area (Å²) < 4.78 is 37.7. The minimum absolute atomic E-state index is 0.000706. The fourth-order valence-electron chi connectivity index (χ4n) is 3.19. The first-order chi connectivity index (χ1) is 11.8. The molecule has 0 radical (unpaired) electrons. The molecule has 0 bridgehead atoms. The van der Waals surface area contributed by atoms with Gasteiger partial charge < -0.3 is 5.11 Å². The summed E-state index contributed by atoms with van der Waals surface area (Å²) in [4.78, 5) is 16.5. The minimum atomic E-state index is -4.46. The zero-order valence-corrected chi connectivity index (χ0v) is 13.1. The van der Waals surface area contributed by atoms with Gasteiger partial charge in [0.05, 0.1) is 18.3 Å². The van der Waals surface area contributed by atoms with Crippen LogP contribution in [0.2, 0.25) is 0 Å². The van der Waals surface area contributed by atoms with E-state index in [2.05, 4.69) is 20.4 Å². The van der Waals surface area contributed by atoms with Crippen molar-refractivity contribution in [2.45, 2.75) is 25.1 Å². The summed E-state index contributed by atoms with van der Waals surface area (Å²) in [5, 5.41) is 19.4. The van der Waals surface area contributed by atoms with E-state index in [4.69, 9.17) is 5.11 Å². The van der Waals surface area contributed by atoms with E-state index in [9.17, 15) is 18.0 Å². The molecule has 10 heteroatoms. The van der Waals surface area contributed by atoms with Crippen molar-refractivity contribution in [2.75, 3.05) is 13.1 Å². The number of likely N-dealkylation sites (tertiary alicyclic amines) is 1. The number of carbonyl (C=O) groups is 1. The first-order valence-electron chi connectivity index (χ1n) is 7.65. The highest BCUT2D eigenvalue weighted by Gasteiger charge is 2.37. The molecule has 2 aromatic rings. The van der Waals surface area contributed by atoms with Gasteiger partial charge in [0.15, 0.2) is 0 Å². The van der Waals surface area contributed by atoms with Crippen LogP contribution in [-0.2, 0) is 17.5 Å². The summed E-state index contributed by atoms with van der Waals surface area (Å²) in [5.74, 6) is -1.11. The van der Waals surface area contributed by atoms with E-state index in [0.29, 0.717) is 30.9 Å². The SMILES string of the molecule is O=C(O)C[C@@H]1CN(Cc2ccc(C(F)(F)F)nc2)C[C@@H]1c1cn[nH]n1. The summed E-state index contributed by atoms with van der Waals surface area (Å²) >= 11 is 0. The summed E-state index contributed by atoms with van der Waals surface area (Å²) in [6.07, 6.45) is -1.68. The number of H-pyrrole nitrogens is 1. The molecule has 25 heavy (non-hydrogen) atoms. The molecule has 3 rings (SSSR count). The minimum Gasteiger partial charge on any atom is -0.481 e. The number of hydrogen-bond donors (Lipinski definition) is 2. The van der Waals surface area contributed by atoms with Crippen molar-refractivity contribution in [3.05, 3.63) is 41.5 Å². The average molecular weight is 355 g/mol. The fraction of sp³-hybridized carbons (Fsp3) is 0.467. The second-order valence-electron chi connectivity index (χ2n) is 6.10. The van der Waals surface area contributed by atoms with E-state index in [1.165, 1.54) is 12.3 Å². The Balaban J connectivity index is 1.70. The number of aromatic amines is 1. The second kappa shape index (κ2) is 6.79. The topological polar surface area (TPSA) is 95.0 Å². The molecule has 1 saturated heterocycles. The number of carboxylic acids is 1. The molecule has 1 aliphatic rings. The molecule has 2 N–H and O–H groups in total. The van der Waals surface area contributed by atoms with E-state index < -0.39 is 17.8 Å². The van der Waals surface area contributed by atoms with Gasteiger partial charge in [-0.2, -0.15) is 28.6 Å². The molecule has 0 saturated carbocycles. The van der Waals surface area contributed by atoms with Gasteiger partial charge in [0.2, 0.25) is 0 Å². The van der Waals surface area contributed by atoms with Crippen molar-refractivity contribution in [3.8, 4) is 0 Å². The van der Waals surface area contributed by atoms with Crippen molar-refractivity contribution in [2.24, 2.45) is 5.92 Å². The van der Waals surface area contributed by atoms with Gasteiger partial charge in [-0.15, -0.1) is 0 Å². The zero-order chi connectivity index (χ0) is 18.0. The largest absolute Gasteiger partial charge is 0.481 e. The normalized spacial score (nSPS) is 21.6. The monoisotopic (exact) mass is 355 g/mol. The van der Waals surface area contributed by atoms with Crippen LogP contribution in [0.3, 0.4) is 0 Å². The zero-order valence-electron chi connectivity index (χ0n) is 13.1. The Morgan fingerprint density at radius 2 is 2.12 bits per heavy atom. The molecular formula is C15H16F3N5O2. The predicted molar refractivity (Wildman–Crippen MR) is 79.4 cm³/mol.